The number of carbonyl (C=O) groups excluding carboxylic acids is 2. The van der Waals surface area contributed by atoms with Crippen molar-refractivity contribution in [2.75, 3.05) is 0 Å². The molecule has 1 aliphatic heterocycles. The number of benzene rings is 1. The minimum Gasteiger partial charge on any atom is -0.463 e. The van der Waals surface area contributed by atoms with Crippen LogP contribution in [0.1, 0.15) is 29.9 Å². The number of imide groups is 1. The highest BCUT2D eigenvalue weighted by molar-refractivity contribution is 6.06. The highest BCUT2D eigenvalue weighted by atomic mass is 16.5. The second-order valence-corrected chi connectivity index (χ2v) is 6.68. The molecule has 3 aromatic rings. The summed E-state index contributed by atoms with van der Waals surface area (Å²) < 4.78 is 10.8. The van der Waals surface area contributed by atoms with Crippen LogP contribution in [0.5, 0.6) is 0 Å². The van der Waals surface area contributed by atoms with Crippen LogP contribution in [0.4, 0.5) is 4.79 Å². The normalized spacial score (nSPS) is 19.6. The lowest BCUT2D eigenvalue weighted by Gasteiger charge is -2.18. The summed E-state index contributed by atoms with van der Waals surface area (Å²) in [7, 11) is 0. The summed E-state index contributed by atoms with van der Waals surface area (Å²) in [5, 5.41) is 6.64. The van der Waals surface area contributed by atoms with Crippen LogP contribution in [0.2, 0.25) is 0 Å². The van der Waals surface area contributed by atoms with Crippen LogP contribution in [0.15, 0.2) is 45.3 Å². The lowest BCUT2D eigenvalue weighted by atomic mass is 9.99. The fourth-order valence-electron chi connectivity index (χ4n) is 3.10. The van der Waals surface area contributed by atoms with Gasteiger partial charge in [-0.2, -0.15) is 4.98 Å². The molecule has 0 aliphatic carbocycles. The van der Waals surface area contributed by atoms with Crippen molar-refractivity contribution in [3.05, 3.63) is 59.4 Å². The van der Waals surface area contributed by atoms with Gasteiger partial charge in [-0.1, -0.05) is 29.4 Å². The Hall–Kier alpha value is -3.42. The number of hydrogen-bond acceptors (Lipinski definition) is 6. The zero-order valence-electron chi connectivity index (χ0n) is 15.1. The van der Waals surface area contributed by atoms with Crippen molar-refractivity contribution < 1.29 is 18.5 Å². The molecule has 0 radical (unpaired) electrons. The molecule has 0 spiro atoms. The van der Waals surface area contributed by atoms with Crippen molar-refractivity contribution in [1.29, 1.82) is 0 Å². The Labute approximate surface area is 155 Å². The van der Waals surface area contributed by atoms with Gasteiger partial charge in [0.1, 0.15) is 18.1 Å². The molecule has 3 heterocycles. The van der Waals surface area contributed by atoms with E-state index in [-0.39, 0.29) is 12.4 Å². The number of furan rings is 1. The van der Waals surface area contributed by atoms with Gasteiger partial charge in [-0.05, 0) is 38.5 Å². The Bertz CT molecular complexity index is 1040. The number of nitrogens with one attached hydrogen (secondary N) is 1. The van der Waals surface area contributed by atoms with Crippen molar-refractivity contribution in [3.8, 4) is 11.4 Å². The second-order valence-electron chi connectivity index (χ2n) is 6.68. The highest BCUT2D eigenvalue weighted by Gasteiger charge is 2.51. The Morgan fingerprint density at radius 2 is 1.93 bits per heavy atom. The number of carbonyl (C=O) groups is 2. The maximum Gasteiger partial charge on any atom is 0.325 e. The summed E-state index contributed by atoms with van der Waals surface area (Å²) in [6.07, 6.45) is 0. The summed E-state index contributed by atoms with van der Waals surface area (Å²) in [5.41, 5.74) is 0.575. The minimum absolute atomic E-state index is 0.112. The van der Waals surface area contributed by atoms with E-state index in [0.29, 0.717) is 17.3 Å². The smallest absolute Gasteiger partial charge is 0.325 e. The average molecular weight is 366 g/mol. The maximum atomic E-state index is 12.9. The molecule has 8 heteroatoms. The number of amides is 3. The second kappa shape index (κ2) is 6.08. The lowest BCUT2D eigenvalue weighted by Crippen LogP contribution is -2.40. The van der Waals surface area contributed by atoms with Crippen molar-refractivity contribution in [2.24, 2.45) is 0 Å². The summed E-state index contributed by atoms with van der Waals surface area (Å²) >= 11 is 0. The summed E-state index contributed by atoms with van der Waals surface area (Å²) in [6, 6.07) is 10.5. The lowest BCUT2D eigenvalue weighted by molar-refractivity contribution is -0.132. The third kappa shape index (κ3) is 2.79. The maximum absolute atomic E-state index is 12.9. The van der Waals surface area contributed by atoms with E-state index in [4.69, 9.17) is 8.94 Å². The highest BCUT2D eigenvalue weighted by Crippen LogP contribution is 2.31. The third-order valence-electron chi connectivity index (χ3n) is 4.66. The molecule has 1 aliphatic rings. The van der Waals surface area contributed by atoms with Gasteiger partial charge >= 0.3 is 6.03 Å². The molecule has 1 N–H and O–H groups in total. The van der Waals surface area contributed by atoms with E-state index in [9.17, 15) is 9.59 Å². The molecule has 138 valence electrons. The topological polar surface area (TPSA) is 101 Å². The number of nitrogens with zero attached hydrogens (tertiary/aromatic N) is 3. The van der Waals surface area contributed by atoms with Gasteiger partial charge in [0.15, 0.2) is 5.54 Å². The largest absolute Gasteiger partial charge is 0.463 e. The molecule has 4 rings (SSSR count). The molecule has 1 unspecified atom stereocenters. The summed E-state index contributed by atoms with van der Waals surface area (Å²) in [6.45, 7) is 5.22. The first-order chi connectivity index (χ1) is 12.9. The third-order valence-corrected chi connectivity index (χ3v) is 4.66. The number of rotatable bonds is 4. The van der Waals surface area contributed by atoms with Gasteiger partial charge in [0.2, 0.25) is 11.7 Å². The molecule has 0 saturated carbocycles. The molecule has 3 amide bonds. The van der Waals surface area contributed by atoms with Gasteiger partial charge in [-0.3, -0.25) is 9.69 Å². The standard InChI is InChI=1S/C19H18N4O4/c1-11-6-4-5-7-13(11)16-20-15(27-22-16)10-23-17(24)19(3,21-18(23)25)14-9-8-12(2)26-14/h4-9H,10H2,1-3H3,(H,21,25). The zero-order chi connectivity index (χ0) is 19.2. The number of aryl methyl sites for hydroxylation is 2. The SMILES string of the molecule is Cc1ccc(C2(C)NC(=O)N(Cc3nc(-c4ccccc4C)no3)C2=O)o1. The molecular weight excluding hydrogens is 348 g/mol. The van der Waals surface area contributed by atoms with E-state index in [1.54, 1.807) is 26.0 Å². The fraction of sp³-hybridized carbons (Fsp3) is 0.263. The van der Waals surface area contributed by atoms with E-state index in [0.717, 1.165) is 16.0 Å². The van der Waals surface area contributed by atoms with Crippen molar-refractivity contribution >= 4 is 11.9 Å². The van der Waals surface area contributed by atoms with Crippen LogP contribution in [-0.2, 0) is 16.9 Å². The Kier molecular flexibility index (Phi) is 3.83. The first-order valence-corrected chi connectivity index (χ1v) is 8.48. The van der Waals surface area contributed by atoms with Gasteiger partial charge in [-0.15, -0.1) is 0 Å². The quantitative estimate of drug-likeness (QED) is 0.713. The van der Waals surface area contributed by atoms with Gasteiger partial charge in [0.05, 0.1) is 0 Å². The van der Waals surface area contributed by atoms with Crippen LogP contribution in [0.3, 0.4) is 0 Å². The van der Waals surface area contributed by atoms with Gasteiger partial charge in [-0.25, -0.2) is 4.79 Å². The molecule has 1 aromatic carbocycles. The molecule has 27 heavy (non-hydrogen) atoms. The molecule has 1 fully saturated rings. The van der Waals surface area contributed by atoms with E-state index in [1.165, 1.54) is 0 Å². The number of urea groups is 1. The first-order valence-electron chi connectivity index (χ1n) is 8.48. The van der Waals surface area contributed by atoms with E-state index in [2.05, 4.69) is 15.5 Å². The van der Waals surface area contributed by atoms with E-state index < -0.39 is 17.5 Å². The predicted octanol–water partition coefficient (Wildman–Crippen LogP) is 2.91. The minimum atomic E-state index is -1.26. The van der Waals surface area contributed by atoms with Crippen LogP contribution < -0.4 is 5.32 Å². The van der Waals surface area contributed by atoms with Crippen molar-refractivity contribution in [2.45, 2.75) is 32.9 Å². The van der Waals surface area contributed by atoms with Crippen LogP contribution in [0, 0.1) is 13.8 Å². The van der Waals surface area contributed by atoms with Crippen molar-refractivity contribution in [3.63, 3.8) is 0 Å². The molecule has 2 aromatic heterocycles. The van der Waals surface area contributed by atoms with Gasteiger partial charge in [0.25, 0.3) is 5.91 Å². The number of hydrogen-bond donors (Lipinski definition) is 1. The fourth-order valence-corrected chi connectivity index (χ4v) is 3.10. The Morgan fingerprint density at radius 3 is 2.63 bits per heavy atom. The van der Waals surface area contributed by atoms with E-state index in [1.807, 2.05) is 31.2 Å². The number of aromatic nitrogens is 2. The summed E-state index contributed by atoms with van der Waals surface area (Å²) in [5.74, 6) is 1.20. The zero-order valence-corrected chi connectivity index (χ0v) is 15.1. The van der Waals surface area contributed by atoms with Gasteiger partial charge in [0, 0.05) is 5.56 Å². The molecule has 1 atom stereocenters. The van der Waals surface area contributed by atoms with Crippen LogP contribution in [0.25, 0.3) is 11.4 Å². The molecule has 8 nitrogen and oxygen atoms in total. The molecule has 0 bridgehead atoms. The average Bonchev–Trinajstić information content (AvgIpc) is 3.32. The van der Waals surface area contributed by atoms with E-state index >= 15 is 0 Å². The van der Waals surface area contributed by atoms with Crippen molar-refractivity contribution in [1.82, 2.24) is 20.4 Å². The van der Waals surface area contributed by atoms with Gasteiger partial charge < -0.3 is 14.3 Å². The molecule has 1 saturated heterocycles. The van der Waals surface area contributed by atoms with Crippen LogP contribution in [-0.4, -0.2) is 27.0 Å². The monoisotopic (exact) mass is 366 g/mol. The predicted molar refractivity (Wildman–Crippen MR) is 94.3 cm³/mol. The molecular formula is C19H18N4O4. The summed E-state index contributed by atoms with van der Waals surface area (Å²) in [4.78, 5) is 30.6. The first kappa shape index (κ1) is 17.0. The Morgan fingerprint density at radius 1 is 1.15 bits per heavy atom. The Balaban J connectivity index is 1.58. The van der Waals surface area contributed by atoms with Crippen LogP contribution >= 0.6 is 0 Å².